The molecule has 0 aromatic heterocycles. The Morgan fingerprint density at radius 1 is 0.971 bits per heavy atom. The molecular formula is C26H30FN3O5. The Balaban J connectivity index is 1.47. The minimum Gasteiger partial charge on any atom is -0.497 e. The predicted octanol–water partition coefficient (Wildman–Crippen LogP) is 2.34. The van der Waals surface area contributed by atoms with Gasteiger partial charge in [-0.25, -0.2) is 4.39 Å². The van der Waals surface area contributed by atoms with Gasteiger partial charge in [0.1, 0.15) is 17.6 Å². The van der Waals surface area contributed by atoms with E-state index >= 15 is 0 Å². The van der Waals surface area contributed by atoms with E-state index in [9.17, 15) is 18.8 Å². The van der Waals surface area contributed by atoms with Gasteiger partial charge in [-0.1, -0.05) is 12.1 Å². The van der Waals surface area contributed by atoms with E-state index < -0.39 is 11.9 Å². The highest BCUT2D eigenvalue weighted by Gasteiger charge is 2.36. The lowest BCUT2D eigenvalue weighted by atomic mass is 9.87. The zero-order valence-corrected chi connectivity index (χ0v) is 19.7. The number of piperidine rings is 1. The van der Waals surface area contributed by atoms with Crippen molar-refractivity contribution in [3.05, 3.63) is 65.5 Å². The fourth-order valence-electron chi connectivity index (χ4n) is 4.59. The highest BCUT2D eigenvalue weighted by Crippen LogP contribution is 2.25. The van der Waals surface area contributed by atoms with Gasteiger partial charge in [-0.15, -0.1) is 0 Å². The molecule has 3 amide bonds. The minimum absolute atomic E-state index is 0.139. The van der Waals surface area contributed by atoms with Crippen LogP contribution >= 0.6 is 0 Å². The third kappa shape index (κ3) is 5.97. The molecule has 2 aromatic rings. The number of halogens is 1. The smallest absolute Gasteiger partial charge is 0.253 e. The predicted molar refractivity (Wildman–Crippen MR) is 127 cm³/mol. The van der Waals surface area contributed by atoms with Gasteiger partial charge in [0.05, 0.1) is 20.3 Å². The van der Waals surface area contributed by atoms with Crippen LogP contribution in [0.5, 0.6) is 5.75 Å². The summed E-state index contributed by atoms with van der Waals surface area (Å²) in [5.41, 5.74) is 0.707. The largest absolute Gasteiger partial charge is 0.497 e. The number of hydrogen-bond donors (Lipinski definition) is 1. The van der Waals surface area contributed by atoms with Gasteiger partial charge in [0.25, 0.3) is 11.8 Å². The molecule has 2 saturated heterocycles. The number of amides is 3. The van der Waals surface area contributed by atoms with Crippen molar-refractivity contribution in [2.24, 2.45) is 5.92 Å². The Kier molecular flexibility index (Phi) is 7.97. The molecule has 0 unspecified atom stereocenters. The maximum absolute atomic E-state index is 13.6. The Morgan fingerprint density at radius 2 is 1.66 bits per heavy atom. The van der Waals surface area contributed by atoms with Crippen molar-refractivity contribution < 1.29 is 28.2 Å². The van der Waals surface area contributed by atoms with Crippen LogP contribution in [0.1, 0.15) is 33.6 Å². The van der Waals surface area contributed by atoms with Gasteiger partial charge in [-0.3, -0.25) is 14.4 Å². The molecule has 8 nitrogen and oxygen atoms in total. The van der Waals surface area contributed by atoms with E-state index in [1.807, 2.05) is 0 Å². The molecule has 0 aliphatic carbocycles. The lowest BCUT2D eigenvalue weighted by Gasteiger charge is -2.38. The summed E-state index contributed by atoms with van der Waals surface area (Å²) >= 11 is 0. The van der Waals surface area contributed by atoms with Crippen LogP contribution < -0.4 is 10.1 Å². The molecule has 2 aromatic carbocycles. The summed E-state index contributed by atoms with van der Waals surface area (Å²) in [6, 6.07) is 11.7. The molecule has 0 radical (unpaired) electrons. The second kappa shape index (κ2) is 11.3. The topological polar surface area (TPSA) is 88.2 Å². The molecule has 4 rings (SSSR count). The molecule has 2 heterocycles. The molecule has 2 aliphatic heterocycles. The number of benzene rings is 2. The van der Waals surface area contributed by atoms with Crippen LogP contribution in [0.2, 0.25) is 0 Å². The van der Waals surface area contributed by atoms with Crippen LogP contribution in [0.15, 0.2) is 48.5 Å². The summed E-state index contributed by atoms with van der Waals surface area (Å²) < 4.78 is 24.2. The Hall–Kier alpha value is -3.46. The van der Waals surface area contributed by atoms with Crippen molar-refractivity contribution in [2.75, 3.05) is 46.5 Å². The molecule has 2 aliphatic rings. The Labute approximate surface area is 204 Å². The van der Waals surface area contributed by atoms with Crippen LogP contribution in [0.3, 0.4) is 0 Å². The van der Waals surface area contributed by atoms with E-state index in [-0.39, 0.29) is 23.6 Å². The van der Waals surface area contributed by atoms with Crippen molar-refractivity contribution >= 4 is 17.7 Å². The first-order chi connectivity index (χ1) is 17.0. The number of carbonyl (C=O) groups excluding carboxylic acids is 3. The van der Waals surface area contributed by atoms with Gasteiger partial charge in [-0.2, -0.15) is 0 Å². The van der Waals surface area contributed by atoms with Crippen molar-refractivity contribution in [3.8, 4) is 5.75 Å². The van der Waals surface area contributed by atoms with Crippen molar-refractivity contribution in [2.45, 2.75) is 18.9 Å². The molecule has 0 bridgehead atoms. The number of nitrogens with zero attached hydrogens (tertiary/aromatic N) is 2. The fraction of sp³-hybridized carbons (Fsp3) is 0.423. The molecule has 1 N–H and O–H groups in total. The van der Waals surface area contributed by atoms with Gasteiger partial charge in [0, 0.05) is 37.3 Å². The molecule has 0 saturated carbocycles. The lowest BCUT2D eigenvalue weighted by molar-refractivity contribution is -0.139. The highest BCUT2D eigenvalue weighted by molar-refractivity contribution is 5.98. The van der Waals surface area contributed by atoms with Crippen LogP contribution in [0.4, 0.5) is 4.39 Å². The number of methoxy groups -OCH3 is 1. The van der Waals surface area contributed by atoms with E-state index in [0.29, 0.717) is 69.1 Å². The summed E-state index contributed by atoms with van der Waals surface area (Å²) in [5.74, 6) is -0.774. The second-order valence-corrected chi connectivity index (χ2v) is 8.76. The summed E-state index contributed by atoms with van der Waals surface area (Å²) in [6.45, 7) is 2.71. The number of hydrogen-bond acceptors (Lipinski definition) is 5. The maximum Gasteiger partial charge on any atom is 0.253 e. The number of ether oxygens (including phenoxy) is 2. The highest BCUT2D eigenvalue weighted by atomic mass is 19.1. The standard InChI is InChI=1S/C26H30FN3O5/c1-34-22-7-3-4-19(17-22)24(31)28-23(26(33)30-12-14-35-15-13-30)18-8-10-29(11-9-18)25(32)20-5-2-6-21(27)16-20/h2-7,16-18,23H,8-15H2,1H3,(H,28,31)/t23-/m0/s1. The van der Waals surface area contributed by atoms with E-state index in [0.717, 1.165) is 0 Å². The summed E-state index contributed by atoms with van der Waals surface area (Å²) in [6.07, 6.45) is 1.08. The molecular weight excluding hydrogens is 453 g/mol. The zero-order valence-electron chi connectivity index (χ0n) is 19.7. The molecule has 35 heavy (non-hydrogen) atoms. The molecule has 9 heteroatoms. The quantitative estimate of drug-likeness (QED) is 0.682. The molecule has 2 fully saturated rings. The number of nitrogens with one attached hydrogen (secondary N) is 1. The van der Waals surface area contributed by atoms with Gasteiger partial charge >= 0.3 is 0 Å². The van der Waals surface area contributed by atoms with Crippen molar-refractivity contribution in [1.82, 2.24) is 15.1 Å². The number of carbonyl (C=O) groups is 3. The minimum atomic E-state index is -0.724. The number of likely N-dealkylation sites (tertiary alicyclic amines) is 1. The second-order valence-electron chi connectivity index (χ2n) is 8.76. The van der Waals surface area contributed by atoms with E-state index in [4.69, 9.17) is 9.47 Å². The van der Waals surface area contributed by atoms with Crippen LogP contribution in [0, 0.1) is 11.7 Å². The van der Waals surface area contributed by atoms with Gasteiger partial charge in [0.2, 0.25) is 5.91 Å². The van der Waals surface area contributed by atoms with Crippen LogP contribution in [-0.4, -0.2) is 80.1 Å². The first-order valence-electron chi connectivity index (χ1n) is 11.8. The van der Waals surface area contributed by atoms with Gasteiger partial charge < -0.3 is 24.6 Å². The van der Waals surface area contributed by atoms with Gasteiger partial charge in [-0.05, 0) is 55.2 Å². The third-order valence-electron chi connectivity index (χ3n) is 6.58. The molecule has 186 valence electrons. The first-order valence-corrected chi connectivity index (χ1v) is 11.8. The Morgan fingerprint density at radius 3 is 2.34 bits per heavy atom. The van der Waals surface area contributed by atoms with Crippen molar-refractivity contribution in [3.63, 3.8) is 0 Å². The summed E-state index contributed by atoms with van der Waals surface area (Å²) in [4.78, 5) is 42.8. The normalized spacial score (nSPS) is 17.5. The maximum atomic E-state index is 13.6. The number of morpholine rings is 1. The number of rotatable bonds is 6. The zero-order chi connectivity index (χ0) is 24.8. The lowest BCUT2D eigenvalue weighted by Crippen LogP contribution is -2.56. The van der Waals surface area contributed by atoms with E-state index in [2.05, 4.69) is 5.32 Å². The summed E-state index contributed by atoms with van der Waals surface area (Å²) in [7, 11) is 1.53. The average molecular weight is 484 g/mol. The molecule has 1 atom stereocenters. The summed E-state index contributed by atoms with van der Waals surface area (Å²) in [5, 5.41) is 2.96. The van der Waals surface area contributed by atoms with E-state index in [1.54, 1.807) is 40.1 Å². The average Bonchev–Trinajstić information content (AvgIpc) is 2.91. The Bertz CT molecular complexity index is 1060. The SMILES string of the molecule is COc1cccc(C(=O)N[C@H](C(=O)N2CCOCC2)C2CCN(C(=O)c3cccc(F)c3)CC2)c1. The molecule has 0 spiro atoms. The van der Waals surface area contributed by atoms with Gasteiger partial charge in [0.15, 0.2) is 0 Å². The monoisotopic (exact) mass is 483 g/mol. The fourth-order valence-corrected chi connectivity index (χ4v) is 4.59. The first kappa shape index (κ1) is 24.7. The van der Waals surface area contributed by atoms with Crippen LogP contribution in [-0.2, 0) is 9.53 Å². The van der Waals surface area contributed by atoms with Crippen molar-refractivity contribution in [1.29, 1.82) is 0 Å². The van der Waals surface area contributed by atoms with E-state index in [1.165, 1.54) is 25.3 Å². The third-order valence-corrected chi connectivity index (χ3v) is 6.58. The van der Waals surface area contributed by atoms with Crippen LogP contribution in [0.25, 0.3) is 0 Å².